The normalized spacial score (nSPS) is 11.4. The largest absolute Gasteiger partial charge is 0.0616 e. The molecule has 0 bridgehead atoms. The summed E-state index contributed by atoms with van der Waals surface area (Å²) in [5.74, 6) is 0. The van der Waals surface area contributed by atoms with Crippen molar-refractivity contribution in [2.45, 2.75) is 6.92 Å². The zero-order valence-corrected chi connectivity index (χ0v) is 17.5. The monoisotopic (exact) mass is 394 g/mol. The van der Waals surface area contributed by atoms with E-state index in [9.17, 15) is 0 Å². The summed E-state index contributed by atoms with van der Waals surface area (Å²) in [5, 5.41) is 7.76. The molecule has 0 aliphatic rings. The van der Waals surface area contributed by atoms with Crippen LogP contribution in [0.25, 0.3) is 54.6 Å². The van der Waals surface area contributed by atoms with Gasteiger partial charge in [-0.2, -0.15) is 0 Å². The topological polar surface area (TPSA) is 0 Å². The summed E-state index contributed by atoms with van der Waals surface area (Å²) in [5.41, 5.74) is 6.53. The average Bonchev–Trinajstić information content (AvgIpc) is 2.83. The molecule has 6 aromatic carbocycles. The molecule has 0 N–H and O–H groups in total. The lowest BCUT2D eigenvalue weighted by Gasteiger charge is -2.18. The number of benzene rings is 6. The molecular weight excluding hydrogens is 372 g/mol. The Hall–Kier alpha value is -3.90. The van der Waals surface area contributed by atoms with Crippen molar-refractivity contribution in [3.63, 3.8) is 0 Å². The van der Waals surface area contributed by atoms with Crippen LogP contribution in [0.15, 0.2) is 115 Å². The van der Waals surface area contributed by atoms with Crippen LogP contribution in [0.2, 0.25) is 0 Å². The molecule has 0 spiro atoms. The Morgan fingerprint density at radius 1 is 0.387 bits per heavy atom. The van der Waals surface area contributed by atoms with Crippen molar-refractivity contribution in [2.75, 3.05) is 0 Å². The van der Waals surface area contributed by atoms with E-state index in [-0.39, 0.29) is 0 Å². The summed E-state index contributed by atoms with van der Waals surface area (Å²) in [6.45, 7) is 2.25. The van der Waals surface area contributed by atoms with E-state index in [1.165, 1.54) is 60.1 Å². The number of hydrogen-bond donors (Lipinski definition) is 0. The van der Waals surface area contributed by atoms with Crippen LogP contribution in [0.3, 0.4) is 0 Å². The maximum absolute atomic E-state index is 2.38. The fraction of sp³-hybridized carbons (Fsp3) is 0.0323. The Morgan fingerprint density at radius 2 is 0.871 bits per heavy atom. The van der Waals surface area contributed by atoms with Gasteiger partial charge in [0.2, 0.25) is 0 Å². The molecule has 0 saturated carbocycles. The first kappa shape index (κ1) is 17.9. The molecule has 0 aromatic heterocycles. The van der Waals surface area contributed by atoms with Gasteiger partial charge < -0.3 is 0 Å². The first-order valence-electron chi connectivity index (χ1n) is 10.8. The van der Waals surface area contributed by atoms with Crippen molar-refractivity contribution in [1.29, 1.82) is 0 Å². The Balaban J connectivity index is 1.72. The van der Waals surface area contributed by atoms with Crippen molar-refractivity contribution >= 4 is 32.3 Å². The Morgan fingerprint density at radius 3 is 1.55 bits per heavy atom. The summed E-state index contributed by atoms with van der Waals surface area (Å²) in [7, 11) is 0. The SMILES string of the molecule is Cc1cc(-c2cccc3ccccc23)c2ccccc2c1-c1cccc2ccccc12. The van der Waals surface area contributed by atoms with E-state index in [1.807, 2.05) is 0 Å². The zero-order valence-electron chi connectivity index (χ0n) is 17.5. The minimum absolute atomic E-state index is 1.28. The van der Waals surface area contributed by atoms with Crippen LogP contribution in [-0.4, -0.2) is 0 Å². The van der Waals surface area contributed by atoms with Gasteiger partial charge in [-0.25, -0.2) is 0 Å². The van der Waals surface area contributed by atoms with Gasteiger partial charge >= 0.3 is 0 Å². The van der Waals surface area contributed by atoms with Gasteiger partial charge in [-0.1, -0.05) is 115 Å². The van der Waals surface area contributed by atoms with Crippen LogP contribution in [-0.2, 0) is 0 Å². The van der Waals surface area contributed by atoms with Gasteiger partial charge in [0.25, 0.3) is 0 Å². The summed E-state index contributed by atoms with van der Waals surface area (Å²) in [6.07, 6.45) is 0. The maximum Gasteiger partial charge on any atom is -0.00694 e. The Labute approximate surface area is 182 Å². The second kappa shape index (κ2) is 7.11. The van der Waals surface area contributed by atoms with Crippen molar-refractivity contribution in [1.82, 2.24) is 0 Å². The van der Waals surface area contributed by atoms with Crippen molar-refractivity contribution < 1.29 is 0 Å². The molecule has 0 heteroatoms. The van der Waals surface area contributed by atoms with Gasteiger partial charge in [0.15, 0.2) is 0 Å². The van der Waals surface area contributed by atoms with Crippen molar-refractivity contribution in [3.8, 4) is 22.3 Å². The fourth-order valence-corrected chi connectivity index (χ4v) is 5.00. The third-order valence-electron chi connectivity index (χ3n) is 6.38. The third kappa shape index (κ3) is 2.84. The van der Waals surface area contributed by atoms with Crippen LogP contribution in [0.5, 0.6) is 0 Å². The van der Waals surface area contributed by atoms with Gasteiger partial charge in [0.05, 0.1) is 0 Å². The van der Waals surface area contributed by atoms with Crippen LogP contribution >= 0.6 is 0 Å². The maximum atomic E-state index is 2.38. The first-order valence-corrected chi connectivity index (χ1v) is 10.8. The lowest BCUT2D eigenvalue weighted by molar-refractivity contribution is 1.49. The smallest absolute Gasteiger partial charge is 0.00694 e. The van der Waals surface area contributed by atoms with Crippen molar-refractivity contribution in [2.24, 2.45) is 0 Å². The molecule has 0 atom stereocenters. The Kier molecular flexibility index (Phi) is 4.11. The van der Waals surface area contributed by atoms with E-state index < -0.39 is 0 Å². The second-order valence-electron chi connectivity index (χ2n) is 8.22. The lowest BCUT2D eigenvalue weighted by Crippen LogP contribution is -1.92. The third-order valence-corrected chi connectivity index (χ3v) is 6.38. The molecular formula is C31H22. The summed E-state index contributed by atoms with van der Waals surface area (Å²) in [4.78, 5) is 0. The van der Waals surface area contributed by atoms with Gasteiger partial charge in [-0.05, 0) is 67.1 Å². The van der Waals surface area contributed by atoms with Crippen LogP contribution in [0, 0.1) is 6.92 Å². The predicted octanol–water partition coefficient (Wildman–Crippen LogP) is 8.79. The highest BCUT2D eigenvalue weighted by atomic mass is 14.2. The van der Waals surface area contributed by atoms with E-state index in [1.54, 1.807) is 0 Å². The molecule has 0 nitrogen and oxygen atoms in total. The van der Waals surface area contributed by atoms with Crippen molar-refractivity contribution in [3.05, 3.63) is 121 Å². The zero-order chi connectivity index (χ0) is 20.8. The standard InChI is InChI=1S/C31H22/c1-21-20-30(26-18-8-12-22-10-2-4-14-24(22)26)27-16-6-7-17-29(27)31(21)28-19-9-13-23-11-3-5-15-25(23)28/h2-20H,1H3. The van der Waals surface area contributed by atoms with Gasteiger partial charge in [-0.15, -0.1) is 0 Å². The molecule has 0 amide bonds. The highest BCUT2D eigenvalue weighted by Gasteiger charge is 2.15. The number of fused-ring (bicyclic) bond motifs is 3. The highest BCUT2D eigenvalue weighted by Crippen LogP contribution is 2.42. The average molecular weight is 395 g/mol. The van der Waals surface area contributed by atoms with E-state index in [0.717, 1.165) is 0 Å². The minimum atomic E-state index is 1.28. The molecule has 6 rings (SSSR count). The van der Waals surface area contributed by atoms with Gasteiger partial charge in [-0.3, -0.25) is 0 Å². The van der Waals surface area contributed by atoms with Crippen LogP contribution in [0.4, 0.5) is 0 Å². The number of rotatable bonds is 2. The second-order valence-corrected chi connectivity index (χ2v) is 8.22. The molecule has 146 valence electrons. The molecule has 0 aliphatic carbocycles. The summed E-state index contributed by atoms with van der Waals surface area (Å²) < 4.78 is 0. The Bertz CT molecular complexity index is 1580. The highest BCUT2D eigenvalue weighted by molar-refractivity contribution is 6.13. The van der Waals surface area contributed by atoms with E-state index in [4.69, 9.17) is 0 Å². The summed E-state index contributed by atoms with van der Waals surface area (Å²) >= 11 is 0. The van der Waals surface area contributed by atoms with E-state index >= 15 is 0 Å². The quantitative estimate of drug-likeness (QED) is 0.275. The molecule has 0 fully saturated rings. The number of hydrogen-bond acceptors (Lipinski definition) is 0. The minimum Gasteiger partial charge on any atom is -0.0616 e. The summed E-state index contributed by atoms with van der Waals surface area (Å²) in [6, 6.07) is 41.8. The molecule has 0 heterocycles. The van der Waals surface area contributed by atoms with E-state index in [0.29, 0.717) is 0 Å². The molecule has 31 heavy (non-hydrogen) atoms. The molecule has 6 aromatic rings. The van der Waals surface area contributed by atoms with Gasteiger partial charge in [0, 0.05) is 0 Å². The van der Waals surface area contributed by atoms with Crippen LogP contribution < -0.4 is 0 Å². The molecule has 0 unspecified atom stereocenters. The first-order chi connectivity index (χ1) is 15.3. The van der Waals surface area contributed by atoms with Crippen LogP contribution in [0.1, 0.15) is 5.56 Å². The molecule has 0 saturated heterocycles. The van der Waals surface area contributed by atoms with Gasteiger partial charge in [0.1, 0.15) is 0 Å². The fourth-order valence-electron chi connectivity index (χ4n) is 5.00. The lowest BCUT2D eigenvalue weighted by atomic mass is 9.86. The molecule has 0 aliphatic heterocycles. The predicted molar refractivity (Wildman–Crippen MR) is 135 cm³/mol. The van der Waals surface area contributed by atoms with E-state index in [2.05, 4.69) is 122 Å². The molecule has 0 radical (unpaired) electrons. The number of aryl methyl sites for hydroxylation is 1.